The summed E-state index contributed by atoms with van der Waals surface area (Å²) < 4.78 is 0.940. The van der Waals surface area contributed by atoms with Crippen molar-refractivity contribution in [1.82, 2.24) is 4.90 Å². The third-order valence-corrected chi connectivity index (χ3v) is 5.37. The van der Waals surface area contributed by atoms with Crippen molar-refractivity contribution >= 4 is 33.3 Å². The molecule has 2 N–H and O–H groups in total. The molecular weight excluding hydrogens is 366 g/mol. The van der Waals surface area contributed by atoms with Gasteiger partial charge in [0.1, 0.15) is 0 Å². The molecule has 1 unspecified atom stereocenters. The lowest BCUT2D eigenvalue weighted by Crippen LogP contribution is -2.31. The molecule has 0 spiro atoms. The van der Waals surface area contributed by atoms with E-state index in [0.717, 1.165) is 28.8 Å². The summed E-state index contributed by atoms with van der Waals surface area (Å²) in [6.45, 7) is 2.35. The van der Waals surface area contributed by atoms with Gasteiger partial charge in [-0.25, -0.2) is 4.79 Å². The molecule has 124 valence electrons. The zero-order valence-corrected chi connectivity index (χ0v) is 15.0. The first-order valence-electron chi connectivity index (χ1n) is 8.39. The minimum absolute atomic E-state index is 0.216. The minimum atomic E-state index is -0.216. The van der Waals surface area contributed by atoms with Crippen molar-refractivity contribution in [3.05, 3.63) is 58.1 Å². The van der Waals surface area contributed by atoms with Crippen LogP contribution in [0, 0.1) is 0 Å². The zero-order valence-electron chi connectivity index (χ0n) is 13.4. The van der Waals surface area contributed by atoms with E-state index in [1.54, 1.807) is 0 Å². The smallest absolute Gasteiger partial charge is 0.308 e. The molecule has 1 saturated heterocycles. The van der Waals surface area contributed by atoms with Gasteiger partial charge >= 0.3 is 6.03 Å². The molecule has 2 heterocycles. The quantitative estimate of drug-likeness (QED) is 0.780. The third-order valence-electron chi connectivity index (χ3n) is 4.87. The van der Waals surface area contributed by atoms with Gasteiger partial charge in [-0.1, -0.05) is 28.1 Å². The van der Waals surface area contributed by atoms with Crippen LogP contribution < -0.4 is 10.6 Å². The largest absolute Gasteiger partial charge is 0.323 e. The molecule has 0 saturated carbocycles. The molecule has 24 heavy (non-hydrogen) atoms. The molecule has 2 amide bonds. The van der Waals surface area contributed by atoms with E-state index < -0.39 is 0 Å². The molecule has 0 bridgehead atoms. The highest BCUT2D eigenvalue weighted by atomic mass is 79.9. The predicted octanol–water partition coefficient (Wildman–Crippen LogP) is 4.79. The van der Waals surface area contributed by atoms with Crippen LogP contribution in [-0.4, -0.2) is 24.0 Å². The van der Waals surface area contributed by atoms with E-state index in [9.17, 15) is 4.79 Å². The van der Waals surface area contributed by atoms with Gasteiger partial charge < -0.3 is 10.6 Å². The van der Waals surface area contributed by atoms with Gasteiger partial charge in [0, 0.05) is 28.4 Å². The molecule has 2 aromatic carbocycles. The van der Waals surface area contributed by atoms with Crippen molar-refractivity contribution in [2.45, 2.75) is 25.3 Å². The number of rotatable bonds is 2. The second-order valence-electron chi connectivity index (χ2n) is 6.45. The van der Waals surface area contributed by atoms with Crippen LogP contribution in [0.3, 0.4) is 0 Å². The molecule has 1 fully saturated rings. The number of amides is 2. The van der Waals surface area contributed by atoms with Crippen LogP contribution in [0.2, 0.25) is 0 Å². The summed E-state index contributed by atoms with van der Waals surface area (Å²) in [5.74, 6) is 0. The lowest BCUT2D eigenvalue weighted by molar-refractivity contribution is 0.244. The maximum Gasteiger partial charge on any atom is 0.323 e. The first kappa shape index (κ1) is 15.7. The van der Waals surface area contributed by atoms with E-state index >= 15 is 0 Å². The van der Waals surface area contributed by atoms with Crippen LogP contribution in [0.5, 0.6) is 0 Å². The van der Waals surface area contributed by atoms with Crippen molar-refractivity contribution in [2.24, 2.45) is 0 Å². The Morgan fingerprint density at radius 2 is 1.92 bits per heavy atom. The first-order valence-corrected chi connectivity index (χ1v) is 9.19. The van der Waals surface area contributed by atoms with Gasteiger partial charge in [-0.2, -0.15) is 0 Å². The molecule has 2 aliphatic heterocycles. The normalized spacial score (nSPS) is 19.5. The lowest BCUT2D eigenvalue weighted by Gasteiger charge is -2.32. The van der Waals surface area contributed by atoms with E-state index in [-0.39, 0.29) is 6.03 Å². The second-order valence-corrected chi connectivity index (χ2v) is 7.36. The second kappa shape index (κ2) is 6.57. The minimum Gasteiger partial charge on any atom is -0.308 e. The summed E-state index contributed by atoms with van der Waals surface area (Å²) in [5, 5.41) is 5.80. The monoisotopic (exact) mass is 385 g/mol. The summed E-state index contributed by atoms with van der Waals surface area (Å²) in [5.41, 5.74) is 4.43. The average Bonchev–Trinajstić information content (AvgIpc) is 3.03. The Balaban J connectivity index is 1.46. The number of urea groups is 1. The van der Waals surface area contributed by atoms with E-state index in [1.165, 1.54) is 30.5 Å². The van der Waals surface area contributed by atoms with Crippen molar-refractivity contribution < 1.29 is 4.79 Å². The van der Waals surface area contributed by atoms with Crippen LogP contribution in [0.25, 0.3) is 0 Å². The van der Waals surface area contributed by atoms with Crippen LogP contribution in [0.1, 0.15) is 30.0 Å². The number of carbonyl (C=O) groups is 1. The molecule has 4 nitrogen and oxygen atoms in total. The summed E-state index contributed by atoms with van der Waals surface area (Å²) in [4.78, 5) is 14.8. The number of benzene rings is 2. The van der Waals surface area contributed by atoms with Crippen LogP contribution in [0.4, 0.5) is 16.2 Å². The Kier molecular flexibility index (Phi) is 4.29. The van der Waals surface area contributed by atoms with Crippen LogP contribution >= 0.6 is 15.9 Å². The van der Waals surface area contributed by atoms with Crippen LogP contribution in [-0.2, 0) is 6.42 Å². The lowest BCUT2D eigenvalue weighted by atomic mass is 9.92. The van der Waals surface area contributed by atoms with Crippen molar-refractivity contribution in [1.29, 1.82) is 0 Å². The summed E-state index contributed by atoms with van der Waals surface area (Å²) in [6, 6.07) is 14.3. The molecule has 5 heteroatoms. The fourth-order valence-electron chi connectivity index (χ4n) is 3.79. The van der Waals surface area contributed by atoms with E-state index in [1.807, 2.05) is 30.3 Å². The van der Waals surface area contributed by atoms with Gasteiger partial charge in [-0.15, -0.1) is 0 Å². The van der Waals surface area contributed by atoms with Gasteiger partial charge in [0.05, 0.1) is 0 Å². The van der Waals surface area contributed by atoms with Crippen LogP contribution in [0.15, 0.2) is 46.9 Å². The number of nitrogens with one attached hydrogen (secondary N) is 2. The molecule has 2 aromatic rings. The molecule has 0 aromatic heterocycles. The number of anilines is 2. The fourth-order valence-corrected chi connectivity index (χ4v) is 4.19. The molecule has 1 atom stereocenters. The Labute approximate surface area is 150 Å². The van der Waals surface area contributed by atoms with E-state index in [0.29, 0.717) is 6.04 Å². The Hall–Kier alpha value is -1.85. The fraction of sp³-hybridized carbons (Fsp3) is 0.316. The van der Waals surface area contributed by atoms with Crippen molar-refractivity contribution in [3.8, 4) is 0 Å². The Morgan fingerprint density at radius 1 is 1.08 bits per heavy atom. The zero-order chi connectivity index (χ0) is 16.5. The molecule has 0 aliphatic carbocycles. The molecule has 4 rings (SSSR count). The van der Waals surface area contributed by atoms with E-state index in [2.05, 4.69) is 43.6 Å². The maximum absolute atomic E-state index is 12.2. The van der Waals surface area contributed by atoms with Gasteiger partial charge in [0.2, 0.25) is 0 Å². The highest BCUT2D eigenvalue weighted by Crippen LogP contribution is 2.38. The van der Waals surface area contributed by atoms with Gasteiger partial charge in [0.25, 0.3) is 0 Å². The number of carbonyl (C=O) groups excluding carboxylic acids is 1. The van der Waals surface area contributed by atoms with E-state index in [4.69, 9.17) is 0 Å². The first-order chi connectivity index (χ1) is 11.7. The maximum atomic E-state index is 12.2. The highest BCUT2D eigenvalue weighted by molar-refractivity contribution is 9.10. The number of nitrogens with zero attached hydrogens (tertiary/aromatic N) is 1. The number of fused-ring (bicyclic) bond motifs is 3. The average molecular weight is 386 g/mol. The third kappa shape index (κ3) is 3.19. The highest BCUT2D eigenvalue weighted by Gasteiger charge is 2.30. The van der Waals surface area contributed by atoms with Gasteiger partial charge in [-0.3, -0.25) is 4.90 Å². The summed E-state index contributed by atoms with van der Waals surface area (Å²) in [6.07, 6.45) is 3.61. The molecule has 2 aliphatic rings. The van der Waals surface area contributed by atoms with Gasteiger partial charge in [0.15, 0.2) is 0 Å². The molecule has 0 radical (unpaired) electrons. The number of hydrogen-bond donors (Lipinski definition) is 2. The SMILES string of the molecule is O=C(Nc1cccc(Br)c1)Nc1ccc2c(c1)CCN1CCCC21. The Morgan fingerprint density at radius 3 is 2.75 bits per heavy atom. The predicted molar refractivity (Wildman–Crippen MR) is 100 cm³/mol. The summed E-state index contributed by atoms with van der Waals surface area (Å²) in [7, 11) is 0. The standard InChI is InChI=1S/C19H20BrN3O/c20-14-3-1-4-15(12-14)21-19(24)22-16-6-7-17-13(11-16)8-10-23-9-2-5-18(17)23/h1,3-4,6-7,11-12,18H,2,5,8-10H2,(H2,21,22,24). The van der Waals surface area contributed by atoms with Gasteiger partial charge in [-0.05, 0) is 67.3 Å². The number of hydrogen-bond acceptors (Lipinski definition) is 2. The summed E-state index contributed by atoms with van der Waals surface area (Å²) >= 11 is 3.41. The van der Waals surface area contributed by atoms with Crippen molar-refractivity contribution in [2.75, 3.05) is 23.7 Å². The Bertz CT molecular complexity index is 777. The van der Waals surface area contributed by atoms with Crippen molar-refractivity contribution in [3.63, 3.8) is 0 Å². The molecular formula is C19H20BrN3O. The number of halogens is 1. The topological polar surface area (TPSA) is 44.4 Å².